The van der Waals surface area contributed by atoms with Gasteiger partial charge in [0, 0.05) is 18.8 Å². The van der Waals surface area contributed by atoms with Crippen LogP contribution in [0, 0.1) is 11.8 Å². The SMILES string of the molecule is CCCCC[C@H](O)/C=C/[C@@H]1CCCC(=O)[C@H]1Cc1ccccc1CCCC(=O)OC. The number of hydrogen-bond acceptors (Lipinski definition) is 4. The third-order valence-electron chi connectivity index (χ3n) is 6.19. The molecule has 4 heteroatoms. The van der Waals surface area contributed by atoms with Gasteiger partial charge in [-0.05, 0) is 55.6 Å². The molecule has 1 saturated carbocycles. The highest BCUT2D eigenvalue weighted by atomic mass is 16.5. The average molecular weight is 415 g/mol. The van der Waals surface area contributed by atoms with Gasteiger partial charge in [-0.2, -0.15) is 0 Å². The molecule has 0 unspecified atom stereocenters. The van der Waals surface area contributed by atoms with Crippen LogP contribution in [-0.4, -0.2) is 30.1 Å². The lowest BCUT2D eigenvalue weighted by Crippen LogP contribution is -2.29. The molecule has 1 aromatic rings. The third kappa shape index (κ3) is 8.06. The zero-order chi connectivity index (χ0) is 21.8. The highest BCUT2D eigenvalue weighted by Gasteiger charge is 2.30. The van der Waals surface area contributed by atoms with E-state index in [1.807, 2.05) is 18.2 Å². The number of unbranched alkanes of at least 4 members (excludes halogenated alkanes) is 2. The van der Waals surface area contributed by atoms with Crippen molar-refractivity contribution in [1.29, 1.82) is 0 Å². The molecule has 166 valence electrons. The number of allylic oxidation sites excluding steroid dienone is 1. The van der Waals surface area contributed by atoms with Crippen molar-refractivity contribution in [2.75, 3.05) is 7.11 Å². The van der Waals surface area contributed by atoms with Gasteiger partial charge in [-0.3, -0.25) is 9.59 Å². The summed E-state index contributed by atoms with van der Waals surface area (Å²) in [4.78, 5) is 24.2. The van der Waals surface area contributed by atoms with Crippen LogP contribution in [-0.2, 0) is 27.2 Å². The van der Waals surface area contributed by atoms with Crippen molar-refractivity contribution in [3.8, 4) is 0 Å². The largest absolute Gasteiger partial charge is 0.469 e. The first-order chi connectivity index (χ1) is 14.5. The van der Waals surface area contributed by atoms with Crippen molar-refractivity contribution in [3.05, 3.63) is 47.5 Å². The maximum absolute atomic E-state index is 12.8. The zero-order valence-electron chi connectivity index (χ0n) is 18.6. The van der Waals surface area contributed by atoms with E-state index in [-0.39, 0.29) is 17.8 Å². The van der Waals surface area contributed by atoms with Crippen LogP contribution in [0.4, 0.5) is 0 Å². The van der Waals surface area contributed by atoms with E-state index in [9.17, 15) is 14.7 Å². The monoisotopic (exact) mass is 414 g/mol. The minimum Gasteiger partial charge on any atom is -0.469 e. The predicted octanol–water partition coefficient (Wildman–Crippen LogP) is 5.21. The van der Waals surface area contributed by atoms with Crippen LogP contribution in [0.1, 0.15) is 75.8 Å². The number of ether oxygens (including phenoxy) is 1. The van der Waals surface area contributed by atoms with E-state index in [2.05, 4.69) is 25.1 Å². The Bertz CT molecular complexity index is 694. The molecule has 3 atom stereocenters. The maximum atomic E-state index is 12.8. The van der Waals surface area contributed by atoms with Gasteiger partial charge in [-0.15, -0.1) is 0 Å². The number of aliphatic hydroxyl groups is 1. The molecule has 1 aromatic carbocycles. The summed E-state index contributed by atoms with van der Waals surface area (Å²) in [6.07, 6.45) is 13.0. The number of carbonyl (C=O) groups is 2. The lowest BCUT2D eigenvalue weighted by atomic mass is 9.74. The number of carbonyl (C=O) groups excluding carboxylic acids is 2. The summed E-state index contributed by atoms with van der Waals surface area (Å²) < 4.78 is 4.73. The molecule has 0 aromatic heterocycles. The third-order valence-corrected chi connectivity index (χ3v) is 6.19. The first-order valence-corrected chi connectivity index (χ1v) is 11.6. The lowest BCUT2D eigenvalue weighted by Gasteiger charge is -2.29. The Hall–Kier alpha value is -1.94. The summed E-state index contributed by atoms with van der Waals surface area (Å²) in [5.41, 5.74) is 2.41. The van der Waals surface area contributed by atoms with E-state index < -0.39 is 6.10 Å². The Balaban J connectivity index is 2.03. The molecule has 2 rings (SSSR count). The van der Waals surface area contributed by atoms with E-state index in [0.29, 0.717) is 18.6 Å². The van der Waals surface area contributed by atoms with Crippen molar-refractivity contribution in [3.63, 3.8) is 0 Å². The molecule has 0 heterocycles. The molecule has 0 radical (unpaired) electrons. The first kappa shape index (κ1) is 24.3. The van der Waals surface area contributed by atoms with E-state index in [0.717, 1.165) is 57.8 Å². The van der Waals surface area contributed by atoms with Gasteiger partial charge in [0.2, 0.25) is 0 Å². The standard InChI is InChI=1S/C26H38O4/c1-3-4-5-14-23(27)18-17-21-13-8-15-25(28)24(21)19-22-11-7-6-10-20(22)12-9-16-26(29)30-2/h6-7,10-11,17-18,21,23-24,27H,3-5,8-9,12-16,19H2,1-2H3/b18-17+/t21-,23-,24-/m0/s1. The van der Waals surface area contributed by atoms with Gasteiger partial charge < -0.3 is 9.84 Å². The van der Waals surface area contributed by atoms with E-state index in [1.165, 1.54) is 18.2 Å². The Labute approximate surface area is 181 Å². The van der Waals surface area contributed by atoms with Gasteiger partial charge in [0.05, 0.1) is 13.2 Å². The average Bonchev–Trinajstić information content (AvgIpc) is 2.75. The summed E-state index contributed by atoms with van der Waals surface area (Å²) in [6, 6.07) is 8.25. The van der Waals surface area contributed by atoms with Gasteiger partial charge in [0.25, 0.3) is 0 Å². The van der Waals surface area contributed by atoms with Crippen molar-refractivity contribution in [2.24, 2.45) is 11.8 Å². The molecular weight excluding hydrogens is 376 g/mol. The normalized spacial score (nSPS) is 20.4. The minimum absolute atomic E-state index is 0.0281. The molecule has 1 N–H and O–H groups in total. The molecule has 0 saturated heterocycles. The topological polar surface area (TPSA) is 63.6 Å². The van der Waals surface area contributed by atoms with Gasteiger partial charge in [0.15, 0.2) is 0 Å². The Morgan fingerprint density at radius 2 is 2.00 bits per heavy atom. The van der Waals surface area contributed by atoms with Crippen LogP contribution in [0.2, 0.25) is 0 Å². The fourth-order valence-corrected chi connectivity index (χ4v) is 4.37. The Kier molecular flexibility index (Phi) is 10.9. The quantitative estimate of drug-likeness (QED) is 0.290. The lowest BCUT2D eigenvalue weighted by molar-refractivity contribution is -0.140. The molecule has 4 nitrogen and oxygen atoms in total. The fourth-order valence-electron chi connectivity index (χ4n) is 4.37. The molecule has 1 aliphatic rings. The summed E-state index contributed by atoms with van der Waals surface area (Å²) in [5.74, 6) is 0.313. The zero-order valence-corrected chi connectivity index (χ0v) is 18.6. The smallest absolute Gasteiger partial charge is 0.305 e. The summed E-state index contributed by atoms with van der Waals surface area (Å²) in [5, 5.41) is 10.2. The molecular formula is C26H38O4. The van der Waals surface area contributed by atoms with Crippen molar-refractivity contribution >= 4 is 11.8 Å². The van der Waals surface area contributed by atoms with Crippen molar-refractivity contribution < 1.29 is 19.4 Å². The number of aliphatic hydroxyl groups excluding tert-OH is 1. The van der Waals surface area contributed by atoms with Crippen molar-refractivity contribution in [2.45, 2.75) is 83.7 Å². The van der Waals surface area contributed by atoms with Crippen LogP contribution < -0.4 is 0 Å². The maximum Gasteiger partial charge on any atom is 0.305 e. The Morgan fingerprint density at radius 3 is 2.73 bits per heavy atom. The van der Waals surface area contributed by atoms with Crippen LogP contribution >= 0.6 is 0 Å². The molecule has 1 fully saturated rings. The second kappa shape index (κ2) is 13.4. The first-order valence-electron chi connectivity index (χ1n) is 11.6. The molecule has 0 bridgehead atoms. The molecule has 30 heavy (non-hydrogen) atoms. The van der Waals surface area contributed by atoms with Crippen molar-refractivity contribution in [1.82, 2.24) is 0 Å². The number of hydrogen-bond donors (Lipinski definition) is 1. The minimum atomic E-state index is -0.417. The van der Waals surface area contributed by atoms with Gasteiger partial charge in [-0.1, -0.05) is 62.6 Å². The number of aryl methyl sites for hydroxylation is 1. The van der Waals surface area contributed by atoms with Crippen LogP contribution in [0.5, 0.6) is 0 Å². The summed E-state index contributed by atoms with van der Waals surface area (Å²) in [6.45, 7) is 2.16. The van der Waals surface area contributed by atoms with E-state index in [1.54, 1.807) is 0 Å². The highest BCUT2D eigenvalue weighted by Crippen LogP contribution is 2.32. The van der Waals surface area contributed by atoms with Crippen LogP contribution in [0.3, 0.4) is 0 Å². The van der Waals surface area contributed by atoms with E-state index >= 15 is 0 Å². The predicted molar refractivity (Wildman–Crippen MR) is 120 cm³/mol. The summed E-state index contributed by atoms with van der Waals surface area (Å²) in [7, 11) is 1.42. The summed E-state index contributed by atoms with van der Waals surface area (Å²) >= 11 is 0. The fraction of sp³-hybridized carbons (Fsp3) is 0.615. The number of Topliss-reactive ketones (excluding diaryl/α,β-unsaturated/α-hetero) is 1. The number of esters is 1. The van der Waals surface area contributed by atoms with Gasteiger partial charge in [-0.25, -0.2) is 0 Å². The van der Waals surface area contributed by atoms with Gasteiger partial charge >= 0.3 is 5.97 Å². The Morgan fingerprint density at radius 1 is 1.23 bits per heavy atom. The molecule has 0 amide bonds. The van der Waals surface area contributed by atoms with E-state index in [4.69, 9.17) is 4.74 Å². The number of methoxy groups -OCH3 is 1. The van der Waals surface area contributed by atoms with Crippen LogP contribution in [0.15, 0.2) is 36.4 Å². The second-order valence-corrected chi connectivity index (χ2v) is 8.48. The highest BCUT2D eigenvalue weighted by molar-refractivity contribution is 5.82. The van der Waals surface area contributed by atoms with Crippen LogP contribution in [0.25, 0.3) is 0 Å². The van der Waals surface area contributed by atoms with Gasteiger partial charge in [0.1, 0.15) is 5.78 Å². The number of ketones is 1. The molecule has 1 aliphatic carbocycles. The second-order valence-electron chi connectivity index (χ2n) is 8.48. The number of benzene rings is 1. The molecule has 0 aliphatic heterocycles. The number of rotatable bonds is 12. The molecule has 0 spiro atoms.